The minimum atomic E-state index is 0.00581. The lowest BCUT2D eigenvalue weighted by Gasteiger charge is -2.22. The van der Waals surface area contributed by atoms with Crippen molar-refractivity contribution in [3.8, 4) is 17.2 Å². The van der Waals surface area contributed by atoms with Crippen LogP contribution in [0.2, 0.25) is 0 Å². The Balaban J connectivity index is 2.77. The van der Waals surface area contributed by atoms with E-state index in [0.29, 0.717) is 18.0 Å². The lowest BCUT2D eigenvalue weighted by atomic mass is 10.2. The first-order chi connectivity index (χ1) is 12.6. The third-order valence-corrected chi connectivity index (χ3v) is 4.05. The summed E-state index contributed by atoms with van der Waals surface area (Å²) in [6, 6.07) is 3.56. The third kappa shape index (κ3) is 6.86. The van der Waals surface area contributed by atoms with Crippen LogP contribution in [-0.2, 0) is 6.54 Å². The van der Waals surface area contributed by atoms with Crippen molar-refractivity contribution in [2.45, 2.75) is 39.2 Å². The van der Waals surface area contributed by atoms with Crippen LogP contribution in [0.3, 0.4) is 0 Å². The molecule has 6 nitrogen and oxygen atoms in total. The zero-order chi connectivity index (χ0) is 19.4. The molecule has 0 aliphatic rings. The van der Waals surface area contributed by atoms with Gasteiger partial charge in [0.2, 0.25) is 5.75 Å². The van der Waals surface area contributed by atoms with Crippen molar-refractivity contribution < 1.29 is 14.6 Å². The van der Waals surface area contributed by atoms with Crippen molar-refractivity contribution >= 4 is 5.96 Å². The average Bonchev–Trinajstić information content (AvgIpc) is 2.65. The van der Waals surface area contributed by atoms with Crippen LogP contribution < -0.4 is 14.8 Å². The minimum Gasteiger partial charge on any atom is -0.502 e. The maximum absolute atomic E-state index is 10.0. The zero-order valence-corrected chi connectivity index (χ0v) is 16.5. The van der Waals surface area contributed by atoms with Gasteiger partial charge in [-0.15, -0.1) is 6.58 Å². The molecule has 0 fully saturated rings. The smallest absolute Gasteiger partial charge is 0.200 e. The van der Waals surface area contributed by atoms with Gasteiger partial charge in [0.15, 0.2) is 17.5 Å². The minimum absolute atomic E-state index is 0.00581. The van der Waals surface area contributed by atoms with E-state index in [1.54, 1.807) is 12.1 Å². The molecule has 0 radical (unpaired) electrons. The number of aliphatic imine (C=N–C) groups is 1. The first kappa shape index (κ1) is 21.7. The topological polar surface area (TPSA) is 66.3 Å². The van der Waals surface area contributed by atoms with Crippen molar-refractivity contribution in [3.63, 3.8) is 0 Å². The SMILES string of the molecule is C=CCCCCCN(C)C(=NCc1cc(OC)c(O)c(OC)c1)NCC. The number of hydrogen-bond donors (Lipinski definition) is 2. The molecule has 0 saturated heterocycles. The van der Waals surface area contributed by atoms with E-state index in [9.17, 15) is 5.11 Å². The van der Waals surface area contributed by atoms with E-state index >= 15 is 0 Å². The molecule has 0 atom stereocenters. The molecule has 0 aliphatic carbocycles. The molecule has 1 aromatic rings. The van der Waals surface area contributed by atoms with Gasteiger partial charge in [-0.1, -0.05) is 12.5 Å². The largest absolute Gasteiger partial charge is 0.502 e. The summed E-state index contributed by atoms with van der Waals surface area (Å²) in [6.45, 7) is 8.04. The highest BCUT2D eigenvalue weighted by Crippen LogP contribution is 2.37. The number of nitrogens with one attached hydrogen (secondary N) is 1. The molecule has 0 bridgehead atoms. The van der Waals surface area contributed by atoms with Gasteiger partial charge in [-0.05, 0) is 43.9 Å². The number of methoxy groups -OCH3 is 2. The van der Waals surface area contributed by atoms with E-state index in [1.165, 1.54) is 27.1 Å². The molecule has 0 saturated carbocycles. The number of rotatable bonds is 11. The van der Waals surface area contributed by atoms with Crippen LogP contribution in [0.5, 0.6) is 17.2 Å². The summed E-state index contributed by atoms with van der Waals surface area (Å²) in [6.07, 6.45) is 6.52. The van der Waals surface area contributed by atoms with Crippen LogP contribution in [0.15, 0.2) is 29.8 Å². The van der Waals surface area contributed by atoms with Crippen LogP contribution in [-0.4, -0.2) is 50.3 Å². The second-order valence-corrected chi connectivity index (χ2v) is 6.08. The number of benzene rings is 1. The summed E-state index contributed by atoms with van der Waals surface area (Å²) in [5, 5.41) is 13.3. The highest BCUT2D eigenvalue weighted by Gasteiger charge is 2.12. The summed E-state index contributed by atoms with van der Waals surface area (Å²) in [5.74, 6) is 1.64. The van der Waals surface area contributed by atoms with E-state index in [-0.39, 0.29) is 5.75 Å². The van der Waals surface area contributed by atoms with Gasteiger partial charge in [-0.25, -0.2) is 4.99 Å². The Morgan fingerprint density at radius 1 is 1.23 bits per heavy atom. The number of phenolic OH excluding ortho intramolecular Hbond substituents is 1. The van der Waals surface area contributed by atoms with Gasteiger partial charge in [0.05, 0.1) is 20.8 Å². The molecule has 0 aromatic heterocycles. The maximum atomic E-state index is 10.0. The van der Waals surface area contributed by atoms with E-state index in [1.807, 2.05) is 13.1 Å². The van der Waals surface area contributed by atoms with E-state index < -0.39 is 0 Å². The molecule has 6 heteroatoms. The summed E-state index contributed by atoms with van der Waals surface area (Å²) >= 11 is 0. The van der Waals surface area contributed by atoms with Crippen LogP contribution in [0.25, 0.3) is 0 Å². The Bertz CT molecular complexity index is 563. The number of aromatic hydroxyl groups is 1. The normalized spacial score (nSPS) is 11.2. The number of allylic oxidation sites excluding steroid dienone is 1. The Hall–Kier alpha value is -2.37. The maximum Gasteiger partial charge on any atom is 0.200 e. The van der Waals surface area contributed by atoms with Gasteiger partial charge in [-0.3, -0.25) is 0 Å². The second kappa shape index (κ2) is 12.1. The third-order valence-electron chi connectivity index (χ3n) is 4.05. The van der Waals surface area contributed by atoms with Crippen LogP contribution >= 0.6 is 0 Å². The highest BCUT2D eigenvalue weighted by atomic mass is 16.5. The molecule has 0 amide bonds. The fourth-order valence-electron chi connectivity index (χ4n) is 2.60. The summed E-state index contributed by atoms with van der Waals surface area (Å²) < 4.78 is 10.4. The zero-order valence-electron chi connectivity index (χ0n) is 16.5. The molecule has 1 aromatic carbocycles. The molecular formula is C20H33N3O3. The quantitative estimate of drug-likeness (QED) is 0.272. The molecule has 0 aliphatic heterocycles. The lowest BCUT2D eigenvalue weighted by molar-refractivity contribution is 0.339. The summed E-state index contributed by atoms with van der Waals surface area (Å²) in [5.41, 5.74) is 0.909. The van der Waals surface area contributed by atoms with Crippen molar-refractivity contribution in [3.05, 3.63) is 30.4 Å². The van der Waals surface area contributed by atoms with Gasteiger partial charge in [0.25, 0.3) is 0 Å². The fraction of sp³-hybridized carbons (Fsp3) is 0.550. The number of nitrogens with zero attached hydrogens (tertiary/aromatic N) is 2. The van der Waals surface area contributed by atoms with Crippen LogP contribution in [0.4, 0.5) is 0 Å². The molecule has 26 heavy (non-hydrogen) atoms. The van der Waals surface area contributed by atoms with Crippen molar-refractivity contribution in [2.24, 2.45) is 4.99 Å². The molecule has 2 N–H and O–H groups in total. The fourth-order valence-corrected chi connectivity index (χ4v) is 2.60. The highest BCUT2D eigenvalue weighted by molar-refractivity contribution is 5.79. The van der Waals surface area contributed by atoms with Crippen molar-refractivity contribution in [1.29, 1.82) is 0 Å². The number of phenols is 1. The summed E-state index contributed by atoms with van der Waals surface area (Å²) in [4.78, 5) is 6.85. The monoisotopic (exact) mass is 363 g/mol. The standard InChI is InChI=1S/C20H33N3O3/c1-6-8-9-10-11-12-23(3)20(21-7-2)22-15-16-13-17(25-4)19(24)18(14-16)26-5/h6,13-14,24H,1,7-12,15H2,2-5H3,(H,21,22). The number of guanidine groups is 1. The van der Waals surface area contributed by atoms with Gasteiger partial charge < -0.3 is 24.8 Å². The Labute approximate surface area is 157 Å². The predicted octanol–water partition coefficient (Wildman–Crippen LogP) is 3.55. The van der Waals surface area contributed by atoms with Gasteiger partial charge in [0, 0.05) is 20.1 Å². The molecule has 0 heterocycles. The molecule has 0 spiro atoms. The Kier molecular flexibility index (Phi) is 10.1. The van der Waals surface area contributed by atoms with E-state index in [0.717, 1.165) is 37.5 Å². The molecule has 146 valence electrons. The second-order valence-electron chi connectivity index (χ2n) is 6.08. The first-order valence-electron chi connectivity index (χ1n) is 9.11. The van der Waals surface area contributed by atoms with Crippen molar-refractivity contribution in [2.75, 3.05) is 34.4 Å². The Morgan fingerprint density at radius 3 is 2.42 bits per heavy atom. The first-order valence-corrected chi connectivity index (χ1v) is 9.11. The van der Waals surface area contributed by atoms with E-state index in [2.05, 4.69) is 23.7 Å². The van der Waals surface area contributed by atoms with E-state index in [4.69, 9.17) is 14.5 Å². The number of hydrogen-bond acceptors (Lipinski definition) is 4. The summed E-state index contributed by atoms with van der Waals surface area (Å²) in [7, 11) is 5.09. The van der Waals surface area contributed by atoms with Crippen molar-refractivity contribution in [1.82, 2.24) is 10.2 Å². The lowest BCUT2D eigenvalue weighted by Crippen LogP contribution is -2.39. The number of unbranched alkanes of at least 4 members (excludes halogenated alkanes) is 3. The van der Waals surface area contributed by atoms with Gasteiger partial charge in [0.1, 0.15) is 0 Å². The molecular weight excluding hydrogens is 330 g/mol. The number of ether oxygens (including phenoxy) is 2. The van der Waals surface area contributed by atoms with Crippen LogP contribution in [0, 0.1) is 0 Å². The van der Waals surface area contributed by atoms with Crippen LogP contribution in [0.1, 0.15) is 38.2 Å². The van der Waals surface area contributed by atoms with Gasteiger partial charge in [-0.2, -0.15) is 0 Å². The molecule has 1 rings (SSSR count). The predicted molar refractivity (Wildman–Crippen MR) is 107 cm³/mol. The van der Waals surface area contributed by atoms with Gasteiger partial charge >= 0.3 is 0 Å². The Morgan fingerprint density at radius 2 is 1.88 bits per heavy atom. The average molecular weight is 364 g/mol. The molecule has 0 unspecified atom stereocenters.